The van der Waals surface area contributed by atoms with Gasteiger partial charge in [-0.3, -0.25) is 4.79 Å². The molecule has 1 amide bonds. The zero-order valence-electron chi connectivity index (χ0n) is 9.73. The van der Waals surface area contributed by atoms with E-state index in [-0.39, 0.29) is 24.5 Å². The molecule has 0 spiro atoms. The molecule has 1 aliphatic heterocycles. The van der Waals surface area contributed by atoms with Crippen molar-refractivity contribution in [2.75, 3.05) is 19.7 Å². The van der Waals surface area contributed by atoms with Gasteiger partial charge in [0.05, 0.1) is 18.6 Å². The van der Waals surface area contributed by atoms with E-state index in [1.165, 1.54) is 0 Å². The van der Waals surface area contributed by atoms with E-state index >= 15 is 0 Å². The first-order valence-corrected chi connectivity index (χ1v) is 5.95. The van der Waals surface area contributed by atoms with Crippen LogP contribution in [0.4, 0.5) is 0 Å². The molecule has 0 aromatic heterocycles. The van der Waals surface area contributed by atoms with Gasteiger partial charge in [0, 0.05) is 13.1 Å². The number of hydrogen-bond acceptors (Lipinski definition) is 3. The van der Waals surface area contributed by atoms with Gasteiger partial charge >= 0.3 is 0 Å². The molecule has 0 saturated carbocycles. The summed E-state index contributed by atoms with van der Waals surface area (Å²) in [4.78, 5) is 11.7. The van der Waals surface area contributed by atoms with Crippen LogP contribution in [0.3, 0.4) is 0 Å². The van der Waals surface area contributed by atoms with Crippen molar-refractivity contribution in [1.29, 1.82) is 0 Å². The van der Waals surface area contributed by atoms with Gasteiger partial charge in [0.25, 0.3) is 0 Å². The number of amides is 1. The molecule has 4 heteroatoms. The Bertz CT molecular complexity index is 363. The summed E-state index contributed by atoms with van der Waals surface area (Å²) in [5, 5.41) is 15.2. The van der Waals surface area contributed by atoms with Crippen molar-refractivity contribution in [3.63, 3.8) is 0 Å². The van der Waals surface area contributed by atoms with E-state index in [1.54, 1.807) is 0 Å². The van der Waals surface area contributed by atoms with Crippen LogP contribution in [0.25, 0.3) is 0 Å². The van der Waals surface area contributed by atoms with E-state index in [0.29, 0.717) is 6.42 Å². The van der Waals surface area contributed by atoms with Crippen molar-refractivity contribution in [3.8, 4) is 0 Å². The highest BCUT2D eigenvalue weighted by molar-refractivity contribution is 5.80. The molecule has 1 unspecified atom stereocenters. The minimum absolute atomic E-state index is 0.0270. The number of rotatable bonds is 5. The Kier molecular flexibility index (Phi) is 4.12. The molecule has 1 aliphatic rings. The highest BCUT2D eigenvalue weighted by atomic mass is 16.3. The van der Waals surface area contributed by atoms with Crippen molar-refractivity contribution in [3.05, 3.63) is 35.9 Å². The summed E-state index contributed by atoms with van der Waals surface area (Å²) >= 11 is 0. The monoisotopic (exact) mass is 234 g/mol. The topological polar surface area (TPSA) is 61.4 Å². The summed E-state index contributed by atoms with van der Waals surface area (Å²) in [6, 6.07) is 9.68. The maximum atomic E-state index is 11.7. The van der Waals surface area contributed by atoms with Gasteiger partial charge in [0.1, 0.15) is 0 Å². The van der Waals surface area contributed by atoms with Crippen molar-refractivity contribution in [2.45, 2.75) is 12.5 Å². The molecule has 2 rings (SSSR count). The number of hydrogen-bond donors (Lipinski definition) is 3. The fourth-order valence-electron chi connectivity index (χ4n) is 1.85. The van der Waals surface area contributed by atoms with E-state index < -0.39 is 0 Å². The molecule has 0 bridgehead atoms. The molecule has 1 saturated heterocycles. The smallest absolute Gasteiger partial charge is 0.225 e. The number of carbonyl (C=O) groups excluding carboxylic acids is 1. The van der Waals surface area contributed by atoms with Crippen LogP contribution in [0.15, 0.2) is 30.3 Å². The number of nitrogens with one attached hydrogen (secondary N) is 2. The van der Waals surface area contributed by atoms with Gasteiger partial charge in [-0.2, -0.15) is 0 Å². The highest BCUT2D eigenvalue weighted by Gasteiger charge is 2.26. The van der Waals surface area contributed by atoms with Gasteiger partial charge in [-0.1, -0.05) is 30.3 Å². The third kappa shape index (κ3) is 3.28. The molecule has 3 N–H and O–H groups in total. The van der Waals surface area contributed by atoms with E-state index in [1.807, 2.05) is 30.3 Å². The normalized spacial score (nSPS) is 17.2. The molecular weight excluding hydrogens is 216 g/mol. The second kappa shape index (κ2) is 5.80. The third-order valence-corrected chi connectivity index (χ3v) is 3.04. The Morgan fingerprint density at radius 1 is 1.41 bits per heavy atom. The van der Waals surface area contributed by atoms with Crippen LogP contribution in [0.1, 0.15) is 5.56 Å². The van der Waals surface area contributed by atoms with E-state index in [4.69, 9.17) is 0 Å². The third-order valence-electron chi connectivity index (χ3n) is 3.04. The van der Waals surface area contributed by atoms with Crippen molar-refractivity contribution < 1.29 is 9.90 Å². The average Bonchev–Trinajstić information content (AvgIpc) is 2.27. The van der Waals surface area contributed by atoms with Gasteiger partial charge < -0.3 is 15.7 Å². The summed E-state index contributed by atoms with van der Waals surface area (Å²) in [5.74, 6) is 0.110. The molecule has 4 nitrogen and oxygen atoms in total. The molecule has 92 valence electrons. The van der Waals surface area contributed by atoms with Crippen LogP contribution in [-0.4, -0.2) is 36.8 Å². The zero-order valence-corrected chi connectivity index (χ0v) is 9.73. The highest BCUT2D eigenvalue weighted by Crippen LogP contribution is 2.06. The Hall–Kier alpha value is -1.39. The van der Waals surface area contributed by atoms with Crippen molar-refractivity contribution in [2.24, 2.45) is 5.92 Å². The lowest BCUT2D eigenvalue weighted by Gasteiger charge is -2.28. The molecule has 1 atom stereocenters. The predicted molar refractivity (Wildman–Crippen MR) is 65.5 cm³/mol. The Labute approximate surface area is 101 Å². The van der Waals surface area contributed by atoms with E-state index in [2.05, 4.69) is 10.6 Å². The minimum Gasteiger partial charge on any atom is -0.394 e. The lowest BCUT2D eigenvalue weighted by Crippen LogP contribution is -2.53. The largest absolute Gasteiger partial charge is 0.394 e. The molecular formula is C13H18N2O2. The fraction of sp³-hybridized carbons (Fsp3) is 0.462. The Morgan fingerprint density at radius 3 is 2.65 bits per heavy atom. The summed E-state index contributed by atoms with van der Waals surface area (Å²) in [6.45, 7) is 1.46. The summed E-state index contributed by atoms with van der Waals surface area (Å²) < 4.78 is 0. The van der Waals surface area contributed by atoms with Crippen LogP contribution in [-0.2, 0) is 11.2 Å². The predicted octanol–water partition coefficient (Wildman–Crippen LogP) is -0.0744. The number of benzene rings is 1. The molecule has 1 fully saturated rings. The second-order valence-electron chi connectivity index (χ2n) is 4.43. The first-order chi connectivity index (χ1) is 8.29. The number of aliphatic hydroxyl groups excluding tert-OH is 1. The van der Waals surface area contributed by atoms with Crippen LogP contribution in [0.5, 0.6) is 0 Å². The van der Waals surface area contributed by atoms with Gasteiger partial charge in [-0.05, 0) is 12.0 Å². The maximum Gasteiger partial charge on any atom is 0.225 e. The molecule has 17 heavy (non-hydrogen) atoms. The first-order valence-electron chi connectivity index (χ1n) is 5.95. The molecule has 0 aliphatic carbocycles. The van der Waals surface area contributed by atoms with Crippen LogP contribution in [0, 0.1) is 5.92 Å². The van der Waals surface area contributed by atoms with Gasteiger partial charge in [0.15, 0.2) is 0 Å². The van der Waals surface area contributed by atoms with Crippen molar-refractivity contribution >= 4 is 5.91 Å². The molecule has 1 aromatic rings. The van der Waals surface area contributed by atoms with Crippen molar-refractivity contribution in [1.82, 2.24) is 10.6 Å². The Morgan fingerprint density at radius 2 is 2.12 bits per heavy atom. The number of carbonyl (C=O) groups is 1. The average molecular weight is 234 g/mol. The number of aliphatic hydroxyl groups is 1. The standard InChI is InChI=1S/C13H18N2O2/c16-9-12(6-10-4-2-1-3-5-10)15-13(17)11-7-14-8-11/h1-5,11-12,14,16H,6-9H2,(H,15,17). The van der Waals surface area contributed by atoms with Crippen LogP contribution >= 0.6 is 0 Å². The van der Waals surface area contributed by atoms with E-state index in [9.17, 15) is 9.90 Å². The molecule has 1 heterocycles. The summed E-state index contributed by atoms with van der Waals surface area (Å²) in [7, 11) is 0. The lowest BCUT2D eigenvalue weighted by molar-refractivity contribution is -0.127. The van der Waals surface area contributed by atoms with E-state index in [0.717, 1.165) is 18.7 Å². The van der Waals surface area contributed by atoms with Gasteiger partial charge in [-0.15, -0.1) is 0 Å². The zero-order chi connectivity index (χ0) is 12.1. The van der Waals surface area contributed by atoms with Gasteiger partial charge in [0.2, 0.25) is 5.91 Å². The first kappa shape index (κ1) is 12.1. The second-order valence-corrected chi connectivity index (χ2v) is 4.43. The quantitative estimate of drug-likeness (QED) is 0.668. The summed E-state index contributed by atoms with van der Waals surface area (Å²) in [5.41, 5.74) is 1.12. The van der Waals surface area contributed by atoms with Crippen LogP contribution < -0.4 is 10.6 Å². The summed E-state index contributed by atoms with van der Waals surface area (Å²) in [6.07, 6.45) is 0.670. The van der Waals surface area contributed by atoms with Crippen LogP contribution in [0.2, 0.25) is 0 Å². The van der Waals surface area contributed by atoms with Gasteiger partial charge in [-0.25, -0.2) is 0 Å². The molecule has 1 aromatic carbocycles. The lowest BCUT2D eigenvalue weighted by atomic mass is 10.0. The Balaban J connectivity index is 1.86. The maximum absolute atomic E-state index is 11.7. The molecule has 0 radical (unpaired) electrons. The fourth-order valence-corrected chi connectivity index (χ4v) is 1.85. The minimum atomic E-state index is -0.189. The SMILES string of the molecule is O=C(NC(CO)Cc1ccccc1)C1CNC1.